The fourth-order valence-corrected chi connectivity index (χ4v) is 4.39. The predicted molar refractivity (Wildman–Crippen MR) is 87.7 cm³/mol. The number of rotatable bonds is 4. The number of aryl methyl sites for hydroxylation is 4. The number of nitrogens with zero attached hydrogens (tertiary/aromatic N) is 3. The summed E-state index contributed by atoms with van der Waals surface area (Å²) in [6.07, 6.45) is 2.10. The van der Waals surface area contributed by atoms with Crippen LogP contribution in [0.2, 0.25) is 0 Å². The lowest BCUT2D eigenvalue weighted by atomic mass is 10.1. The van der Waals surface area contributed by atoms with Gasteiger partial charge in [-0.3, -0.25) is 0 Å². The number of sulfonamides is 1. The zero-order valence-electron chi connectivity index (χ0n) is 14.0. The summed E-state index contributed by atoms with van der Waals surface area (Å²) in [5.74, 6) is 1.31. The third-order valence-corrected chi connectivity index (χ3v) is 5.76. The van der Waals surface area contributed by atoms with E-state index in [-0.39, 0.29) is 16.8 Å². The minimum Gasteiger partial charge on any atom is -0.248 e. The van der Waals surface area contributed by atoms with E-state index in [1.165, 1.54) is 12.1 Å². The Hall–Kier alpha value is -1.80. The van der Waals surface area contributed by atoms with E-state index in [9.17, 15) is 12.8 Å². The number of hydrogen-bond donors (Lipinski definition) is 1. The molecule has 0 amide bonds. The molecule has 0 bridgehead atoms. The highest BCUT2D eigenvalue weighted by Crippen LogP contribution is 2.20. The van der Waals surface area contributed by atoms with Gasteiger partial charge < -0.3 is 0 Å². The molecule has 0 fully saturated rings. The SMILES string of the molecule is CCc1nc2n(n1)C[C@@H](NS(=O)(=O)c1cc(C)c(F)c(C)c1)CC2. The van der Waals surface area contributed by atoms with Crippen LogP contribution in [0.15, 0.2) is 17.0 Å². The molecule has 0 spiro atoms. The van der Waals surface area contributed by atoms with Crippen molar-refractivity contribution < 1.29 is 12.8 Å². The first-order valence-electron chi connectivity index (χ1n) is 8.02. The molecule has 1 aromatic heterocycles. The third-order valence-electron chi connectivity index (χ3n) is 4.26. The molecule has 3 rings (SSSR count). The van der Waals surface area contributed by atoms with Crippen molar-refractivity contribution in [2.45, 2.75) is 57.5 Å². The first kappa shape index (κ1) is 17.0. The van der Waals surface area contributed by atoms with Gasteiger partial charge in [0.15, 0.2) is 5.82 Å². The largest absolute Gasteiger partial charge is 0.248 e. The van der Waals surface area contributed by atoms with Crippen LogP contribution < -0.4 is 4.72 Å². The van der Waals surface area contributed by atoms with Gasteiger partial charge in [0.2, 0.25) is 10.0 Å². The summed E-state index contributed by atoms with van der Waals surface area (Å²) in [5.41, 5.74) is 0.648. The topological polar surface area (TPSA) is 76.9 Å². The minimum absolute atomic E-state index is 0.0949. The average Bonchev–Trinajstić information content (AvgIpc) is 2.94. The lowest BCUT2D eigenvalue weighted by molar-refractivity contribution is 0.394. The summed E-state index contributed by atoms with van der Waals surface area (Å²) in [6, 6.07) is 2.48. The molecule has 0 radical (unpaired) electrons. The summed E-state index contributed by atoms with van der Waals surface area (Å²) in [5, 5.41) is 4.38. The van der Waals surface area contributed by atoms with Crippen molar-refractivity contribution in [3.8, 4) is 0 Å². The Balaban J connectivity index is 1.80. The second kappa shape index (κ2) is 6.25. The summed E-state index contributed by atoms with van der Waals surface area (Å²) < 4.78 is 43.4. The molecule has 130 valence electrons. The summed E-state index contributed by atoms with van der Waals surface area (Å²) in [7, 11) is -3.70. The van der Waals surface area contributed by atoms with Crippen LogP contribution in [-0.4, -0.2) is 29.2 Å². The number of aromatic nitrogens is 3. The van der Waals surface area contributed by atoms with E-state index in [1.807, 2.05) is 6.92 Å². The van der Waals surface area contributed by atoms with E-state index in [1.54, 1.807) is 18.5 Å². The van der Waals surface area contributed by atoms with Crippen LogP contribution in [0.3, 0.4) is 0 Å². The Morgan fingerprint density at radius 1 is 1.33 bits per heavy atom. The van der Waals surface area contributed by atoms with Gasteiger partial charge in [-0.1, -0.05) is 6.92 Å². The number of benzene rings is 1. The third kappa shape index (κ3) is 3.21. The molecule has 8 heteroatoms. The molecule has 6 nitrogen and oxygen atoms in total. The normalized spacial score (nSPS) is 17.8. The van der Waals surface area contributed by atoms with E-state index in [0.717, 1.165) is 18.1 Å². The van der Waals surface area contributed by atoms with Crippen LogP contribution in [-0.2, 0) is 29.4 Å². The van der Waals surface area contributed by atoms with E-state index in [2.05, 4.69) is 14.8 Å². The monoisotopic (exact) mass is 352 g/mol. The number of hydrogen-bond acceptors (Lipinski definition) is 4. The Morgan fingerprint density at radius 3 is 2.62 bits per heavy atom. The molecule has 2 aromatic rings. The highest BCUT2D eigenvalue weighted by Gasteiger charge is 2.26. The average molecular weight is 352 g/mol. The zero-order valence-corrected chi connectivity index (χ0v) is 14.8. The van der Waals surface area contributed by atoms with Crippen LogP contribution in [0, 0.1) is 19.7 Å². The van der Waals surface area contributed by atoms with Crippen LogP contribution in [0.25, 0.3) is 0 Å². The fraction of sp³-hybridized carbons (Fsp3) is 0.500. The van der Waals surface area contributed by atoms with E-state index in [0.29, 0.717) is 30.5 Å². The Kier molecular flexibility index (Phi) is 4.44. The lowest BCUT2D eigenvalue weighted by Crippen LogP contribution is -2.41. The molecule has 0 unspecified atom stereocenters. The van der Waals surface area contributed by atoms with Crippen molar-refractivity contribution >= 4 is 10.0 Å². The van der Waals surface area contributed by atoms with Crippen molar-refractivity contribution in [2.24, 2.45) is 0 Å². The molecule has 1 N–H and O–H groups in total. The molecular weight excluding hydrogens is 331 g/mol. The van der Waals surface area contributed by atoms with Crippen molar-refractivity contribution in [3.05, 3.63) is 40.7 Å². The molecule has 1 aliphatic rings. The van der Waals surface area contributed by atoms with Gasteiger partial charge in [0.05, 0.1) is 11.4 Å². The van der Waals surface area contributed by atoms with Gasteiger partial charge in [-0.2, -0.15) is 5.10 Å². The minimum atomic E-state index is -3.70. The highest BCUT2D eigenvalue weighted by atomic mass is 32.2. The van der Waals surface area contributed by atoms with Crippen LogP contribution in [0.4, 0.5) is 4.39 Å². The summed E-state index contributed by atoms with van der Waals surface area (Å²) >= 11 is 0. The first-order chi connectivity index (χ1) is 11.3. The Bertz CT molecular complexity index is 853. The van der Waals surface area contributed by atoms with Gasteiger partial charge in [-0.25, -0.2) is 27.2 Å². The molecular formula is C16H21FN4O2S. The number of halogens is 1. The maximum atomic E-state index is 13.7. The molecule has 0 saturated heterocycles. The zero-order chi connectivity index (χ0) is 17.5. The summed E-state index contributed by atoms with van der Waals surface area (Å²) in [6.45, 7) is 5.58. The van der Waals surface area contributed by atoms with Crippen molar-refractivity contribution in [3.63, 3.8) is 0 Å². The van der Waals surface area contributed by atoms with Crippen molar-refractivity contribution in [1.82, 2.24) is 19.5 Å². The predicted octanol–water partition coefficient (Wildman–Crippen LogP) is 1.89. The number of nitrogens with one attached hydrogen (secondary N) is 1. The molecule has 1 atom stereocenters. The highest BCUT2D eigenvalue weighted by molar-refractivity contribution is 7.89. The second-order valence-electron chi connectivity index (χ2n) is 6.21. The molecule has 1 aliphatic heterocycles. The lowest BCUT2D eigenvalue weighted by Gasteiger charge is -2.23. The first-order valence-corrected chi connectivity index (χ1v) is 9.50. The van der Waals surface area contributed by atoms with Gasteiger partial charge in [0, 0.05) is 18.9 Å². The Morgan fingerprint density at radius 2 is 2.00 bits per heavy atom. The quantitative estimate of drug-likeness (QED) is 0.912. The molecule has 0 aliphatic carbocycles. The van der Waals surface area contributed by atoms with Gasteiger partial charge in [-0.15, -0.1) is 0 Å². The van der Waals surface area contributed by atoms with Gasteiger partial charge in [0.25, 0.3) is 0 Å². The van der Waals surface area contributed by atoms with Crippen molar-refractivity contribution in [1.29, 1.82) is 0 Å². The molecule has 0 saturated carbocycles. The Labute approximate surface area is 141 Å². The number of fused-ring (bicyclic) bond motifs is 1. The fourth-order valence-electron chi connectivity index (χ4n) is 2.96. The van der Waals surface area contributed by atoms with Crippen LogP contribution in [0.1, 0.15) is 36.1 Å². The van der Waals surface area contributed by atoms with Gasteiger partial charge in [0.1, 0.15) is 11.6 Å². The van der Waals surface area contributed by atoms with E-state index >= 15 is 0 Å². The smallest absolute Gasteiger partial charge is 0.240 e. The van der Waals surface area contributed by atoms with Gasteiger partial charge in [-0.05, 0) is 43.5 Å². The van der Waals surface area contributed by atoms with Crippen molar-refractivity contribution in [2.75, 3.05) is 0 Å². The van der Waals surface area contributed by atoms with Crippen LogP contribution >= 0.6 is 0 Å². The standard InChI is InChI=1S/C16H21FN4O2S/c1-4-14-18-15-6-5-12(9-21(15)19-14)20-24(22,23)13-7-10(2)16(17)11(3)8-13/h7-8,12,20H,4-6,9H2,1-3H3/t12-/m0/s1. The molecule has 2 heterocycles. The maximum Gasteiger partial charge on any atom is 0.240 e. The van der Waals surface area contributed by atoms with E-state index in [4.69, 9.17) is 0 Å². The second-order valence-corrected chi connectivity index (χ2v) is 7.92. The van der Waals surface area contributed by atoms with Crippen LogP contribution in [0.5, 0.6) is 0 Å². The molecule has 24 heavy (non-hydrogen) atoms. The van der Waals surface area contributed by atoms with Gasteiger partial charge >= 0.3 is 0 Å². The van der Waals surface area contributed by atoms with E-state index < -0.39 is 10.0 Å². The molecule has 1 aromatic carbocycles. The maximum absolute atomic E-state index is 13.7. The summed E-state index contributed by atoms with van der Waals surface area (Å²) in [4.78, 5) is 4.52.